The van der Waals surface area contributed by atoms with E-state index in [-0.39, 0.29) is 5.91 Å². The van der Waals surface area contributed by atoms with Gasteiger partial charge >= 0.3 is 0 Å². The maximum atomic E-state index is 12.0. The van der Waals surface area contributed by atoms with Crippen LogP contribution in [0, 0.1) is 0 Å². The highest BCUT2D eigenvalue weighted by atomic mass is 35.5. The molecular formula is C16H15Cl2NO. The van der Waals surface area contributed by atoms with Crippen LogP contribution in [0.5, 0.6) is 0 Å². The summed E-state index contributed by atoms with van der Waals surface area (Å²) in [6.07, 6.45) is 1.32. The van der Waals surface area contributed by atoms with E-state index in [1.807, 2.05) is 24.3 Å². The standard InChI is InChI=1S/C16H15Cl2NO/c1-2-11-3-5-12(6-4-11)7-16(20)19-15-9-13(17)8-14(18)10-15/h3-6,8-10H,2,7H2,1H3,(H,19,20). The first-order valence-electron chi connectivity index (χ1n) is 6.40. The predicted octanol–water partition coefficient (Wildman–Crippen LogP) is 4.74. The zero-order valence-corrected chi connectivity index (χ0v) is 12.6. The summed E-state index contributed by atoms with van der Waals surface area (Å²) in [5.41, 5.74) is 2.85. The molecule has 0 fully saturated rings. The molecule has 1 N–H and O–H groups in total. The molecule has 0 unspecified atom stereocenters. The molecule has 0 aliphatic heterocycles. The van der Waals surface area contributed by atoms with E-state index in [9.17, 15) is 4.79 Å². The fraction of sp³-hybridized carbons (Fsp3) is 0.188. The monoisotopic (exact) mass is 307 g/mol. The average Bonchev–Trinajstić information content (AvgIpc) is 2.38. The van der Waals surface area contributed by atoms with E-state index in [2.05, 4.69) is 12.2 Å². The van der Waals surface area contributed by atoms with Gasteiger partial charge in [-0.2, -0.15) is 0 Å². The Hall–Kier alpha value is -1.51. The van der Waals surface area contributed by atoms with Crippen molar-refractivity contribution in [2.75, 3.05) is 5.32 Å². The lowest BCUT2D eigenvalue weighted by Gasteiger charge is -2.07. The first kappa shape index (κ1) is 14.9. The average molecular weight is 308 g/mol. The molecule has 2 aromatic carbocycles. The van der Waals surface area contributed by atoms with E-state index in [1.165, 1.54) is 5.56 Å². The zero-order valence-electron chi connectivity index (χ0n) is 11.1. The van der Waals surface area contributed by atoms with Crippen molar-refractivity contribution in [3.63, 3.8) is 0 Å². The molecule has 0 atom stereocenters. The highest BCUT2D eigenvalue weighted by Gasteiger charge is 2.05. The van der Waals surface area contributed by atoms with Gasteiger partial charge in [0.1, 0.15) is 0 Å². The van der Waals surface area contributed by atoms with Crippen LogP contribution >= 0.6 is 23.2 Å². The van der Waals surface area contributed by atoms with Crippen molar-refractivity contribution >= 4 is 34.8 Å². The van der Waals surface area contributed by atoms with Gasteiger partial charge in [0, 0.05) is 15.7 Å². The molecule has 4 heteroatoms. The molecule has 0 aromatic heterocycles. The van der Waals surface area contributed by atoms with Crippen LogP contribution in [0.1, 0.15) is 18.1 Å². The summed E-state index contributed by atoms with van der Waals surface area (Å²) in [4.78, 5) is 12.0. The maximum absolute atomic E-state index is 12.0. The summed E-state index contributed by atoms with van der Waals surface area (Å²) in [6, 6.07) is 13.0. The van der Waals surface area contributed by atoms with E-state index in [0.717, 1.165) is 12.0 Å². The van der Waals surface area contributed by atoms with Crippen LogP contribution < -0.4 is 5.32 Å². The third-order valence-corrected chi connectivity index (χ3v) is 3.38. The number of hydrogen-bond acceptors (Lipinski definition) is 1. The summed E-state index contributed by atoms with van der Waals surface area (Å²) in [5, 5.41) is 3.79. The topological polar surface area (TPSA) is 29.1 Å². The van der Waals surface area contributed by atoms with E-state index in [1.54, 1.807) is 18.2 Å². The number of amides is 1. The fourth-order valence-corrected chi connectivity index (χ4v) is 2.44. The summed E-state index contributed by atoms with van der Waals surface area (Å²) in [6.45, 7) is 2.10. The number of rotatable bonds is 4. The molecule has 2 nitrogen and oxygen atoms in total. The molecule has 0 bridgehead atoms. The maximum Gasteiger partial charge on any atom is 0.228 e. The fourth-order valence-electron chi connectivity index (χ4n) is 1.91. The van der Waals surface area contributed by atoms with E-state index >= 15 is 0 Å². The largest absolute Gasteiger partial charge is 0.326 e. The van der Waals surface area contributed by atoms with Crippen molar-refractivity contribution in [2.45, 2.75) is 19.8 Å². The number of hydrogen-bond donors (Lipinski definition) is 1. The van der Waals surface area contributed by atoms with Crippen LogP contribution in [0.15, 0.2) is 42.5 Å². The van der Waals surface area contributed by atoms with Crippen molar-refractivity contribution in [1.29, 1.82) is 0 Å². The van der Waals surface area contributed by atoms with Gasteiger partial charge in [-0.15, -0.1) is 0 Å². The number of benzene rings is 2. The van der Waals surface area contributed by atoms with Crippen molar-refractivity contribution in [2.24, 2.45) is 0 Å². The molecule has 0 aliphatic rings. The highest BCUT2D eigenvalue weighted by Crippen LogP contribution is 2.22. The Bertz CT molecular complexity index is 588. The Morgan fingerprint density at radius 1 is 1.00 bits per heavy atom. The number of halogens is 2. The van der Waals surface area contributed by atoms with Crippen LogP contribution in [-0.2, 0) is 17.6 Å². The third kappa shape index (κ3) is 4.26. The molecule has 1 amide bonds. The van der Waals surface area contributed by atoms with E-state index in [4.69, 9.17) is 23.2 Å². The van der Waals surface area contributed by atoms with Crippen LogP contribution in [-0.4, -0.2) is 5.91 Å². The van der Waals surface area contributed by atoms with Crippen molar-refractivity contribution in [3.8, 4) is 0 Å². The number of anilines is 1. The van der Waals surface area contributed by atoms with Crippen LogP contribution in [0.2, 0.25) is 10.0 Å². The minimum Gasteiger partial charge on any atom is -0.326 e. The lowest BCUT2D eigenvalue weighted by Crippen LogP contribution is -2.14. The first-order chi connectivity index (χ1) is 9.56. The van der Waals surface area contributed by atoms with E-state index < -0.39 is 0 Å². The predicted molar refractivity (Wildman–Crippen MR) is 84.6 cm³/mol. The summed E-state index contributed by atoms with van der Waals surface area (Å²) in [7, 11) is 0. The Kier molecular flexibility index (Phi) is 5.05. The summed E-state index contributed by atoms with van der Waals surface area (Å²) >= 11 is 11.8. The second kappa shape index (κ2) is 6.78. The summed E-state index contributed by atoms with van der Waals surface area (Å²) in [5.74, 6) is -0.0902. The molecule has 2 aromatic rings. The molecule has 0 aliphatic carbocycles. The molecule has 104 valence electrons. The number of aryl methyl sites for hydroxylation is 1. The molecule has 2 rings (SSSR count). The third-order valence-electron chi connectivity index (χ3n) is 2.94. The summed E-state index contributed by atoms with van der Waals surface area (Å²) < 4.78 is 0. The van der Waals surface area contributed by atoms with Crippen LogP contribution in [0.4, 0.5) is 5.69 Å². The lowest BCUT2D eigenvalue weighted by molar-refractivity contribution is -0.115. The molecule has 0 spiro atoms. The second-order valence-corrected chi connectivity index (χ2v) is 5.43. The smallest absolute Gasteiger partial charge is 0.228 e. The number of nitrogens with one attached hydrogen (secondary N) is 1. The van der Waals surface area contributed by atoms with Gasteiger partial charge in [0.15, 0.2) is 0 Å². The normalized spacial score (nSPS) is 10.3. The van der Waals surface area contributed by atoms with Gasteiger partial charge in [-0.25, -0.2) is 0 Å². The Morgan fingerprint density at radius 3 is 2.10 bits per heavy atom. The Balaban J connectivity index is 2.01. The van der Waals surface area contributed by atoms with Gasteiger partial charge in [0.25, 0.3) is 0 Å². The Labute approximate surface area is 128 Å². The van der Waals surface area contributed by atoms with Crippen molar-refractivity contribution in [1.82, 2.24) is 0 Å². The molecule has 20 heavy (non-hydrogen) atoms. The van der Waals surface area contributed by atoms with Gasteiger partial charge in [0.2, 0.25) is 5.91 Å². The van der Waals surface area contributed by atoms with E-state index in [0.29, 0.717) is 22.2 Å². The SMILES string of the molecule is CCc1ccc(CC(=O)Nc2cc(Cl)cc(Cl)c2)cc1. The van der Waals surface area contributed by atoms with Gasteiger partial charge in [-0.05, 0) is 35.7 Å². The minimum atomic E-state index is -0.0902. The number of carbonyl (C=O) groups is 1. The molecule has 0 saturated heterocycles. The van der Waals surface area contributed by atoms with Gasteiger partial charge < -0.3 is 5.32 Å². The van der Waals surface area contributed by atoms with Crippen LogP contribution in [0.25, 0.3) is 0 Å². The van der Waals surface area contributed by atoms with Gasteiger partial charge in [-0.1, -0.05) is 54.4 Å². The molecule has 0 radical (unpaired) electrons. The number of carbonyl (C=O) groups excluding carboxylic acids is 1. The first-order valence-corrected chi connectivity index (χ1v) is 7.16. The quantitative estimate of drug-likeness (QED) is 0.868. The lowest BCUT2D eigenvalue weighted by atomic mass is 10.1. The minimum absolute atomic E-state index is 0.0902. The van der Waals surface area contributed by atoms with Crippen LogP contribution in [0.3, 0.4) is 0 Å². The Morgan fingerprint density at radius 2 is 1.55 bits per heavy atom. The molecule has 0 heterocycles. The van der Waals surface area contributed by atoms with Gasteiger partial charge in [-0.3, -0.25) is 4.79 Å². The zero-order chi connectivity index (χ0) is 14.5. The van der Waals surface area contributed by atoms with Crippen molar-refractivity contribution < 1.29 is 4.79 Å². The van der Waals surface area contributed by atoms with Crippen molar-refractivity contribution in [3.05, 3.63) is 63.6 Å². The van der Waals surface area contributed by atoms with Gasteiger partial charge in [0.05, 0.1) is 6.42 Å². The molecular weight excluding hydrogens is 293 g/mol. The highest BCUT2D eigenvalue weighted by molar-refractivity contribution is 6.35. The molecule has 0 saturated carbocycles. The second-order valence-electron chi connectivity index (χ2n) is 4.55.